The maximum atomic E-state index is 9.36. The van der Waals surface area contributed by atoms with Gasteiger partial charge in [-0.3, -0.25) is 0 Å². The summed E-state index contributed by atoms with van der Waals surface area (Å²) in [4.78, 5) is 0. The van der Waals surface area contributed by atoms with Crippen LogP contribution in [0.2, 0.25) is 0 Å². The summed E-state index contributed by atoms with van der Waals surface area (Å²) in [7, 11) is 0. The van der Waals surface area contributed by atoms with Gasteiger partial charge in [0.15, 0.2) is 0 Å². The Morgan fingerprint density at radius 2 is 1.64 bits per heavy atom. The van der Waals surface area contributed by atoms with E-state index in [1.54, 1.807) is 0 Å². The molecule has 0 aliphatic rings. The van der Waals surface area contributed by atoms with Gasteiger partial charge in [-0.15, -0.1) is 0 Å². The Hall–Kier alpha value is -0.940. The number of aliphatic hydroxyl groups is 2. The number of rotatable bonds is 4. The highest BCUT2D eigenvalue weighted by atomic mass is 16.3. The van der Waals surface area contributed by atoms with Gasteiger partial charge in [0.25, 0.3) is 0 Å². The third-order valence-corrected chi connectivity index (χ3v) is 2.10. The molecule has 6 N–H and O–H groups in total. The SMILES string of the molecule is NC(O)C(O)C(N)Cc1ccccc1. The molecule has 0 fully saturated rings. The van der Waals surface area contributed by atoms with Gasteiger partial charge >= 0.3 is 0 Å². The lowest BCUT2D eigenvalue weighted by Crippen LogP contribution is -2.48. The van der Waals surface area contributed by atoms with E-state index in [1.807, 2.05) is 30.3 Å². The first-order valence-corrected chi connectivity index (χ1v) is 4.52. The lowest BCUT2D eigenvalue weighted by molar-refractivity contribution is 0.00817. The van der Waals surface area contributed by atoms with Crippen LogP contribution in [-0.4, -0.2) is 28.6 Å². The Morgan fingerprint density at radius 1 is 1.07 bits per heavy atom. The molecule has 0 aromatic heterocycles. The molecular formula is C10H16N2O2. The van der Waals surface area contributed by atoms with E-state index in [2.05, 4.69) is 0 Å². The van der Waals surface area contributed by atoms with Crippen LogP contribution in [0.5, 0.6) is 0 Å². The summed E-state index contributed by atoms with van der Waals surface area (Å²) in [5.41, 5.74) is 11.8. The predicted octanol–water partition coefficient (Wildman–Crippen LogP) is -0.806. The molecule has 4 nitrogen and oxygen atoms in total. The first-order valence-electron chi connectivity index (χ1n) is 4.52. The van der Waals surface area contributed by atoms with E-state index in [0.717, 1.165) is 5.56 Å². The third kappa shape index (κ3) is 3.08. The Kier molecular flexibility index (Phi) is 4.03. The van der Waals surface area contributed by atoms with Crippen LogP contribution >= 0.6 is 0 Å². The zero-order chi connectivity index (χ0) is 10.6. The first kappa shape index (κ1) is 11.1. The van der Waals surface area contributed by atoms with Crippen molar-refractivity contribution in [2.75, 3.05) is 0 Å². The van der Waals surface area contributed by atoms with Crippen molar-refractivity contribution >= 4 is 0 Å². The molecule has 78 valence electrons. The largest absolute Gasteiger partial charge is 0.387 e. The normalized spacial score (nSPS) is 17.4. The molecule has 0 saturated carbocycles. The van der Waals surface area contributed by atoms with Crippen LogP contribution in [0, 0.1) is 0 Å². The van der Waals surface area contributed by atoms with Crippen molar-refractivity contribution in [1.29, 1.82) is 0 Å². The average molecular weight is 196 g/mol. The minimum atomic E-state index is -1.28. The Labute approximate surface area is 83.2 Å². The van der Waals surface area contributed by atoms with Crippen LogP contribution in [0.1, 0.15) is 5.56 Å². The van der Waals surface area contributed by atoms with Crippen LogP contribution in [0.4, 0.5) is 0 Å². The molecule has 0 aliphatic heterocycles. The molecule has 0 amide bonds. The van der Waals surface area contributed by atoms with Gasteiger partial charge in [-0.1, -0.05) is 30.3 Å². The maximum absolute atomic E-state index is 9.36. The van der Waals surface area contributed by atoms with Crippen molar-refractivity contribution in [2.24, 2.45) is 11.5 Å². The third-order valence-electron chi connectivity index (χ3n) is 2.10. The number of nitrogens with two attached hydrogens (primary N) is 2. The monoisotopic (exact) mass is 196 g/mol. The lowest BCUT2D eigenvalue weighted by Gasteiger charge is -2.20. The van der Waals surface area contributed by atoms with Crippen molar-refractivity contribution in [1.82, 2.24) is 0 Å². The molecule has 0 spiro atoms. The van der Waals surface area contributed by atoms with E-state index in [4.69, 9.17) is 16.6 Å². The molecule has 0 saturated heterocycles. The molecule has 4 heteroatoms. The Balaban J connectivity index is 2.53. The molecule has 0 radical (unpaired) electrons. The van der Waals surface area contributed by atoms with E-state index < -0.39 is 18.4 Å². The highest BCUT2D eigenvalue weighted by Gasteiger charge is 2.20. The molecule has 1 aromatic rings. The quantitative estimate of drug-likeness (QED) is 0.474. The van der Waals surface area contributed by atoms with E-state index in [-0.39, 0.29) is 0 Å². The number of benzene rings is 1. The summed E-state index contributed by atoms with van der Waals surface area (Å²) >= 11 is 0. The van der Waals surface area contributed by atoms with Gasteiger partial charge in [-0.25, -0.2) is 0 Å². The molecule has 0 aliphatic carbocycles. The molecule has 1 rings (SSSR count). The van der Waals surface area contributed by atoms with Crippen molar-refractivity contribution in [3.63, 3.8) is 0 Å². The molecule has 0 bridgehead atoms. The van der Waals surface area contributed by atoms with E-state index in [0.29, 0.717) is 6.42 Å². The summed E-state index contributed by atoms with van der Waals surface area (Å²) in [6.45, 7) is 0. The van der Waals surface area contributed by atoms with Crippen LogP contribution in [0.25, 0.3) is 0 Å². The standard InChI is InChI=1S/C10H16N2O2/c11-8(9(13)10(12)14)6-7-4-2-1-3-5-7/h1-5,8-10,13-14H,6,11-12H2. The molecular weight excluding hydrogens is 180 g/mol. The lowest BCUT2D eigenvalue weighted by atomic mass is 10.0. The summed E-state index contributed by atoms with van der Waals surface area (Å²) in [6, 6.07) is 8.98. The van der Waals surface area contributed by atoms with Gasteiger partial charge in [-0.05, 0) is 12.0 Å². The van der Waals surface area contributed by atoms with Gasteiger partial charge in [0.2, 0.25) is 0 Å². The predicted molar refractivity (Wildman–Crippen MR) is 54.3 cm³/mol. The van der Waals surface area contributed by atoms with Crippen LogP contribution < -0.4 is 11.5 Å². The van der Waals surface area contributed by atoms with Gasteiger partial charge in [-0.2, -0.15) is 0 Å². The summed E-state index contributed by atoms with van der Waals surface area (Å²) in [6.07, 6.45) is -1.88. The second-order valence-electron chi connectivity index (χ2n) is 3.33. The molecule has 3 unspecified atom stereocenters. The van der Waals surface area contributed by atoms with Crippen LogP contribution in [-0.2, 0) is 6.42 Å². The van der Waals surface area contributed by atoms with Crippen molar-refractivity contribution in [2.45, 2.75) is 24.8 Å². The van der Waals surface area contributed by atoms with E-state index in [1.165, 1.54) is 0 Å². The molecule has 14 heavy (non-hydrogen) atoms. The minimum Gasteiger partial charge on any atom is -0.387 e. The molecule has 0 heterocycles. The van der Waals surface area contributed by atoms with Gasteiger partial charge in [0.1, 0.15) is 12.3 Å². The highest BCUT2D eigenvalue weighted by molar-refractivity contribution is 5.16. The maximum Gasteiger partial charge on any atom is 0.130 e. The first-order chi connectivity index (χ1) is 6.61. The highest BCUT2D eigenvalue weighted by Crippen LogP contribution is 2.05. The van der Waals surface area contributed by atoms with E-state index in [9.17, 15) is 5.11 Å². The fraction of sp³-hybridized carbons (Fsp3) is 0.400. The topological polar surface area (TPSA) is 92.5 Å². The molecule has 3 atom stereocenters. The Bertz CT molecular complexity index is 264. The summed E-state index contributed by atoms with van der Waals surface area (Å²) in [5, 5.41) is 18.3. The van der Waals surface area contributed by atoms with Crippen LogP contribution in [0.3, 0.4) is 0 Å². The average Bonchev–Trinajstić information content (AvgIpc) is 2.18. The minimum absolute atomic E-state index is 0.496. The fourth-order valence-corrected chi connectivity index (χ4v) is 1.26. The van der Waals surface area contributed by atoms with Gasteiger partial charge in [0.05, 0.1) is 0 Å². The van der Waals surface area contributed by atoms with E-state index >= 15 is 0 Å². The van der Waals surface area contributed by atoms with Crippen molar-refractivity contribution < 1.29 is 10.2 Å². The van der Waals surface area contributed by atoms with Gasteiger partial charge in [0, 0.05) is 6.04 Å². The second-order valence-corrected chi connectivity index (χ2v) is 3.33. The van der Waals surface area contributed by atoms with Crippen molar-refractivity contribution in [3.05, 3.63) is 35.9 Å². The number of hydrogen-bond donors (Lipinski definition) is 4. The zero-order valence-electron chi connectivity index (χ0n) is 7.88. The molecule has 1 aromatic carbocycles. The summed E-state index contributed by atoms with van der Waals surface area (Å²) in [5.74, 6) is 0. The van der Waals surface area contributed by atoms with Gasteiger partial charge < -0.3 is 21.7 Å². The summed E-state index contributed by atoms with van der Waals surface area (Å²) < 4.78 is 0. The number of aliphatic hydroxyl groups excluding tert-OH is 2. The smallest absolute Gasteiger partial charge is 0.130 e. The number of hydrogen-bond acceptors (Lipinski definition) is 4. The Morgan fingerprint density at radius 3 is 2.14 bits per heavy atom. The zero-order valence-corrected chi connectivity index (χ0v) is 7.88. The van der Waals surface area contributed by atoms with Crippen molar-refractivity contribution in [3.8, 4) is 0 Å². The van der Waals surface area contributed by atoms with Crippen LogP contribution in [0.15, 0.2) is 30.3 Å². The second kappa shape index (κ2) is 5.07. The fourth-order valence-electron chi connectivity index (χ4n) is 1.26.